The third-order valence-electron chi connectivity index (χ3n) is 7.42. The Morgan fingerprint density at radius 3 is 2.37 bits per heavy atom. The third kappa shape index (κ3) is 5.44. The number of ether oxygens (including phenoxy) is 1. The van der Waals surface area contributed by atoms with Gasteiger partial charge in [0.1, 0.15) is 0 Å². The Labute approximate surface area is 185 Å². The number of rotatable bonds is 10. The van der Waals surface area contributed by atoms with Gasteiger partial charge in [-0.3, -0.25) is 9.59 Å². The van der Waals surface area contributed by atoms with Crippen LogP contribution in [0.1, 0.15) is 92.0 Å². The minimum atomic E-state index is -2.26. The van der Waals surface area contributed by atoms with Crippen LogP contribution in [0.3, 0.4) is 0 Å². The minimum absolute atomic E-state index is 0.129. The van der Waals surface area contributed by atoms with Crippen molar-refractivity contribution in [2.24, 2.45) is 23.2 Å². The summed E-state index contributed by atoms with van der Waals surface area (Å²) in [5.41, 5.74) is 0.697. The summed E-state index contributed by atoms with van der Waals surface area (Å²) < 4.78 is 29.0. The molecule has 0 saturated heterocycles. The number of unbranched alkanes of at least 4 members (excludes halogenated alkanes) is 2. The summed E-state index contributed by atoms with van der Waals surface area (Å²) in [4.78, 5) is 24.7. The average Bonchev–Trinajstić information content (AvgIpc) is 2.75. The fourth-order valence-electron chi connectivity index (χ4n) is 6.47. The number of benzene rings is 1. The first-order chi connectivity index (χ1) is 15.7. The van der Waals surface area contributed by atoms with Crippen LogP contribution in [0.15, 0.2) is 30.3 Å². The van der Waals surface area contributed by atoms with E-state index in [1.807, 2.05) is 6.07 Å². The Morgan fingerprint density at radius 2 is 1.73 bits per heavy atom. The molecule has 1 aromatic rings. The zero-order valence-electron chi connectivity index (χ0n) is 20.9. The highest BCUT2D eigenvalue weighted by Gasteiger charge is 2.51. The van der Waals surface area contributed by atoms with Gasteiger partial charge >= 0.3 is 5.97 Å². The molecule has 30 heavy (non-hydrogen) atoms. The molecule has 4 fully saturated rings. The number of carbonyl (C=O) groups excluding carboxylic acids is 2. The normalized spacial score (nSPS) is 32.0. The molecule has 4 nitrogen and oxygen atoms in total. The molecule has 0 aliphatic heterocycles. The van der Waals surface area contributed by atoms with E-state index in [4.69, 9.17) is 8.85 Å². The molecule has 4 aliphatic carbocycles. The van der Waals surface area contributed by atoms with Gasteiger partial charge < -0.3 is 10.1 Å². The van der Waals surface area contributed by atoms with Crippen molar-refractivity contribution in [2.75, 3.05) is 6.61 Å². The molecule has 0 radical (unpaired) electrons. The second-order valence-corrected chi connectivity index (χ2v) is 10.1. The maximum Gasteiger partial charge on any atom is 0.305 e. The van der Waals surface area contributed by atoms with Crippen LogP contribution in [0.2, 0.25) is 0 Å². The van der Waals surface area contributed by atoms with E-state index in [9.17, 15) is 9.59 Å². The number of hydrogen-bond acceptors (Lipinski definition) is 3. The Balaban J connectivity index is 1.14. The van der Waals surface area contributed by atoms with E-state index in [0.717, 1.165) is 24.2 Å². The van der Waals surface area contributed by atoms with E-state index < -0.39 is 12.9 Å². The standard InChI is InChI=1S/C26H37NO3/c1-19(27-25(29)23-9-5-3-6-10-23)8-4-2-7-11-24(28)30-18-26-15-20-12-21(16-26)14-22(13-20)17-26/h3,5-6,9-10,19-22H,2,4,7-8,11-18H2,1H3,(H,27,29)/t19-,20?,21?,22?,26?/m1/s1/i1D3. The molecule has 1 atom stereocenters. The highest BCUT2D eigenvalue weighted by Crippen LogP contribution is 2.60. The lowest BCUT2D eigenvalue weighted by atomic mass is 9.50. The molecular formula is C26H37NO3. The second-order valence-electron chi connectivity index (χ2n) is 10.1. The summed E-state index contributed by atoms with van der Waals surface area (Å²) in [5, 5.41) is 2.66. The van der Waals surface area contributed by atoms with E-state index in [2.05, 4.69) is 5.32 Å². The van der Waals surface area contributed by atoms with E-state index in [1.54, 1.807) is 24.3 Å². The zero-order chi connectivity index (χ0) is 23.5. The Hall–Kier alpha value is -1.84. The smallest absolute Gasteiger partial charge is 0.305 e. The fourth-order valence-corrected chi connectivity index (χ4v) is 6.47. The summed E-state index contributed by atoms with van der Waals surface area (Å²) in [7, 11) is 0. The van der Waals surface area contributed by atoms with E-state index >= 15 is 0 Å². The van der Waals surface area contributed by atoms with Crippen molar-refractivity contribution in [3.05, 3.63) is 35.9 Å². The molecule has 4 saturated carbocycles. The maximum absolute atomic E-state index is 12.4. The molecule has 4 heteroatoms. The Kier molecular flexibility index (Phi) is 5.66. The summed E-state index contributed by atoms with van der Waals surface area (Å²) in [6, 6.07) is 7.75. The molecule has 164 valence electrons. The zero-order valence-corrected chi connectivity index (χ0v) is 17.9. The summed E-state index contributed by atoms with van der Waals surface area (Å²) >= 11 is 0. The minimum Gasteiger partial charge on any atom is -0.465 e. The lowest BCUT2D eigenvalue weighted by Gasteiger charge is -2.56. The van der Waals surface area contributed by atoms with Gasteiger partial charge in [0.2, 0.25) is 0 Å². The predicted octanol–water partition coefficient (Wildman–Crippen LogP) is 5.52. The predicted molar refractivity (Wildman–Crippen MR) is 118 cm³/mol. The second kappa shape index (κ2) is 9.53. The molecule has 1 amide bonds. The van der Waals surface area contributed by atoms with Crippen LogP contribution in [0.25, 0.3) is 0 Å². The third-order valence-corrected chi connectivity index (χ3v) is 7.42. The van der Waals surface area contributed by atoms with Gasteiger partial charge in [0.15, 0.2) is 0 Å². The summed E-state index contributed by atoms with van der Waals surface area (Å²) in [5.74, 6) is 2.05. The SMILES string of the molecule is [2H]C([2H])([2H])[C@H](CCCCCC(=O)OCC12CC3CC(CC(C3)C1)C2)NC(=O)c1ccccc1. The molecule has 0 aromatic heterocycles. The lowest BCUT2D eigenvalue weighted by Crippen LogP contribution is -2.48. The molecule has 4 aliphatic rings. The van der Waals surface area contributed by atoms with Crippen molar-refractivity contribution in [3.63, 3.8) is 0 Å². The van der Waals surface area contributed by atoms with Crippen LogP contribution < -0.4 is 5.32 Å². The monoisotopic (exact) mass is 414 g/mol. The van der Waals surface area contributed by atoms with Gasteiger partial charge in [-0.15, -0.1) is 0 Å². The number of carbonyl (C=O) groups is 2. The van der Waals surface area contributed by atoms with Gasteiger partial charge in [-0.2, -0.15) is 0 Å². The lowest BCUT2D eigenvalue weighted by molar-refractivity contribution is -0.155. The molecule has 4 bridgehead atoms. The molecule has 5 rings (SSSR count). The van der Waals surface area contributed by atoms with E-state index in [-0.39, 0.29) is 17.3 Å². The van der Waals surface area contributed by atoms with Crippen LogP contribution in [-0.4, -0.2) is 24.5 Å². The van der Waals surface area contributed by atoms with Gasteiger partial charge in [-0.1, -0.05) is 31.0 Å². The largest absolute Gasteiger partial charge is 0.465 e. The first-order valence-electron chi connectivity index (χ1n) is 13.2. The van der Waals surface area contributed by atoms with Gasteiger partial charge in [-0.05, 0) is 88.1 Å². The van der Waals surface area contributed by atoms with Crippen molar-refractivity contribution in [3.8, 4) is 0 Å². The summed E-state index contributed by atoms with van der Waals surface area (Å²) in [6.07, 6.45) is 10.6. The number of hydrogen-bond donors (Lipinski definition) is 1. The molecule has 0 unspecified atom stereocenters. The molecular weight excluding hydrogens is 374 g/mol. The maximum atomic E-state index is 12.4. The Bertz CT molecular complexity index is 789. The fraction of sp³-hybridized carbons (Fsp3) is 0.692. The Morgan fingerprint density at radius 1 is 1.07 bits per heavy atom. The molecule has 0 spiro atoms. The number of amides is 1. The molecule has 1 N–H and O–H groups in total. The highest BCUT2D eigenvalue weighted by molar-refractivity contribution is 5.94. The molecule has 0 heterocycles. The average molecular weight is 415 g/mol. The van der Waals surface area contributed by atoms with Crippen molar-refractivity contribution >= 4 is 11.9 Å². The quantitative estimate of drug-likeness (QED) is 0.405. The van der Waals surface area contributed by atoms with Crippen LogP contribution >= 0.6 is 0 Å². The van der Waals surface area contributed by atoms with E-state index in [1.165, 1.54) is 38.5 Å². The van der Waals surface area contributed by atoms with Crippen LogP contribution in [0.5, 0.6) is 0 Å². The first kappa shape index (κ1) is 17.8. The van der Waals surface area contributed by atoms with Gasteiger partial charge in [0.05, 0.1) is 6.61 Å². The van der Waals surface area contributed by atoms with Crippen LogP contribution in [-0.2, 0) is 9.53 Å². The van der Waals surface area contributed by atoms with Gasteiger partial charge in [0, 0.05) is 27.6 Å². The van der Waals surface area contributed by atoms with E-state index in [0.29, 0.717) is 37.9 Å². The number of esters is 1. The van der Waals surface area contributed by atoms with Crippen LogP contribution in [0, 0.1) is 23.2 Å². The topological polar surface area (TPSA) is 55.4 Å². The summed E-state index contributed by atoms with van der Waals surface area (Å²) in [6.45, 7) is -1.68. The van der Waals surface area contributed by atoms with Crippen molar-refractivity contribution in [1.29, 1.82) is 0 Å². The highest BCUT2D eigenvalue weighted by atomic mass is 16.5. The number of nitrogens with one attached hydrogen (secondary N) is 1. The molecule has 1 aromatic carbocycles. The van der Waals surface area contributed by atoms with Crippen molar-refractivity contribution in [1.82, 2.24) is 5.32 Å². The van der Waals surface area contributed by atoms with Crippen LogP contribution in [0.4, 0.5) is 0 Å². The first-order valence-corrected chi connectivity index (χ1v) is 11.7. The van der Waals surface area contributed by atoms with Gasteiger partial charge in [-0.25, -0.2) is 0 Å². The van der Waals surface area contributed by atoms with Gasteiger partial charge in [0.25, 0.3) is 5.91 Å². The van der Waals surface area contributed by atoms with Crippen molar-refractivity contribution < 1.29 is 18.4 Å². The van der Waals surface area contributed by atoms with Crippen molar-refractivity contribution in [2.45, 2.75) is 83.5 Å².